The quantitative estimate of drug-likeness (QED) is 0.750. The van der Waals surface area contributed by atoms with Crippen molar-refractivity contribution in [3.63, 3.8) is 0 Å². The molecule has 0 saturated carbocycles. The van der Waals surface area contributed by atoms with E-state index in [1.807, 2.05) is 24.3 Å². The number of rotatable bonds is 5. The molecule has 26 heavy (non-hydrogen) atoms. The molecule has 1 aliphatic heterocycles. The van der Waals surface area contributed by atoms with Gasteiger partial charge < -0.3 is 4.74 Å². The third kappa shape index (κ3) is 4.32. The molecule has 0 radical (unpaired) electrons. The third-order valence-corrected chi connectivity index (χ3v) is 7.06. The number of sulfonamides is 1. The van der Waals surface area contributed by atoms with E-state index in [4.69, 9.17) is 27.9 Å². The van der Waals surface area contributed by atoms with E-state index in [2.05, 4.69) is 4.90 Å². The van der Waals surface area contributed by atoms with Crippen molar-refractivity contribution in [2.45, 2.75) is 11.4 Å². The number of halogens is 2. The summed E-state index contributed by atoms with van der Waals surface area (Å²) in [4.78, 5) is 2.42. The Hall–Kier alpha value is -1.31. The lowest BCUT2D eigenvalue weighted by atomic mass is 10.2. The molecule has 0 bridgehead atoms. The molecule has 5 nitrogen and oxygen atoms in total. The first-order valence-electron chi connectivity index (χ1n) is 8.20. The lowest BCUT2D eigenvalue weighted by Crippen LogP contribution is -2.48. The predicted octanol–water partition coefficient (Wildman–Crippen LogP) is 3.51. The highest BCUT2D eigenvalue weighted by atomic mass is 35.5. The van der Waals surface area contributed by atoms with Crippen LogP contribution in [0.4, 0.5) is 0 Å². The van der Waals surface area contributed by atoms with Gasteiger partial charge in [0.25, 0.3) is 0 Å². The molecule has 2 aromatic rings. The highest BCUT2D eigenvalue weighted by Crippen LogP contribution is 2.27. The van der Waals surface area contributed by atoms with E-state index >= 15 is 0 Å². The highest BCUT2D eigenvalue weighted by Gasteiger charge is 2.28. The normalized spacial score (nSPS) is 16.6. The SMILES string of the molecule is COc1ccc(CN2CCN(S(=O)(=O)c3ccc(Cl)c(Cl)c3)CC2)cc1. The second-order valence-electron chi connectivity index (χ2n) is 6.10. The number of ether oxygens (including phenoxy) is 1. The molecule has 2 aromatic carbocycles. The van der Waals surface area contributed by atoms with Crippen LogP contribution >= 0.6 is 23.2 Å². The number of piperazine rings is 1. The van der Waals surface area contributed by atoms with Crippen LogP contribution < -0.4 is 4.74 Å². The second kappa shape index (κ2) is 8.15. The molecule has 0 unspecified atom stereocenters. The van der Waals surface area contributed by atoms with Gasteiger partial charge in [-0.05, 0) is 35.9 Å². The van der Waals surface area contributed by atoms with E-state index < -0.39 is 10.0 Å². The van der Waals surface area contributed by atoms with Gasteiger partial charge in [-0.25, -0.2) is 8.42 Å². The molecule has 8 heteroatoms. The van der Waals surface area contributed by atoms with Gasteiger partial charge in [-0.3, -0.25) is 4.90 Å². The summed E-state index contributed by atoms with van der Waals surface area (Å²) in [6, 6.07) is 12.3. The average Bonchev–Trinajstić information content (AvgIpc) is 2.65. The molecule has 0 amide bonds. The molecule has 0 N–H and O–H groups in total. The van der Waals surface area contributed by atoms with Crippen LogP contribution in [0.3, 0.4) is 0 Å². The molecule has 0 aromatic heterocycles. The van der Waals surface area contributed by atoms with Gasteiger partial charge in [-0.15, -0.1) is 0 Å². The van der Waals surface area contributed by atoms with Crippen LogP contribution in [0, 0.1) is 0 Å². The maximum absolute atomic E-state index is 12.8. The highest BCUT2D eigenvalue weighted by molar-refractivity contribution is 7.89. The first-order valence-corrected chi connectivity index (χ1v) is 10.4. The lowest BCUT2D eigenvalue weighted by molar-refractivity contribution is 0.181. The largest absolute Gasteiger partial charge is 0.497 e. The standard InChI is InChI=1S/C18H20Cl2N2O3S/c1-25-15-4-2-14(3-5-15)13-21-8-10-22(11-9-21)26(23,24)16-6-7-17(19)18(20)12-16/h2-7,12H,8-11,13H2,1H3. The molecule has 140 valence electrons. The first-order chi connectivity index (χ1) is 12.4. The van der Waals surface area contributed by atoms with Crippen molar-refractivity contribution in [2.24, 2.45) is 0 Å². The van der Waals surface area contributed by atoms with Gasteiger partial charge in [0.2, 0.25) is 10.0 Å². The van der Waals surface area contributed by atoms with Crippen molar-refractivity contribution in [1.29, 1.82) is 0 Å². The Morgan fingerprint density at radius 3 is 2.19 bits per heavy atom. The molecule has 1 aliphatic rings. The predicted molar refractivity (Wildman–Crippen MR) is 103 cm³/mol. The van der Waals surface area contributed by atoms with Crippen LogP contribution in [0.2, 0.25) is 10.0 Å². The Morgan fingerprint density at radius 2 is 1.62 bits per heavy atom. The summed E-state index contributed by atoms with van der Waals surface area (Å²) in [7, 11) is -1.92. The molecule has 0 spiro atoms. The zero-order valence-corrected chi connectivity index (χ0v) is 16.7. The van der Waals surface area contributed by atoms with Crippen molar-refractivity contribution >= 4 is 33.2 Å². The molecule has 0 aliphatic carbocycles. The van der Waals surface area contributed by atoms with Crippen molar-refractivity contribution in [3.8, 4) is 5.75 Å². The maximum atomic E-state index is 12.8. The third-order valence-electron chi connectivity index (χ3n) is 4.43. The van der Waals surface area contributed by atoms with Crippen LogP contribution in [-0.2, 0) is 16.6 Å². The van der Waals surface area contributed by atoms with Crippen molar-refractivity contribution in [2.75, 3.05) is 33.3 Å². The van der Waals surface area contributed by atoms with E-state index in [1.165, 1.54) is 28.1 Å². The molecule has 1 heterocycles. The van der Waals surface area contributed by atoms with Crippen molar-refractivity contribution in [1.82, 2.24) is 9.21 Å². The fraction of sp³-hybridized carbons (Fsp3) is 0.333. The average molecular weight is 415 g/mol. The van der Waals surface area contributed by atoms with Crippen LogP contribution in [0.15, 0.2) is 47.4 Å². The second-order valence-corrected chi connectivity index (χ2v) is 8.86. The van der Waals surface area contributed by atoms with Gasteiger partial charge >= 0.3 is 0 Å². The Bertz CT molecular complexity index is 865. The van der Waals surface area contributed by atoms with E-state index in [0.29, 0.717) is 31.2 Å². The van der Waals surface area contributed by atoms with Crippen molar-refractivity contribution < 1.29 is 13.2 Å². The van der Waals surface area contributed by atoms with E-state index in [0.717, 1.165) is 12.3 Å². The lowest BCUT2D eigenvalue weighted by Gasteiger charge is -2.34. The van der Waals surface area contributed by atoms with E-state index in [1.54, 1.807) is 7.11 Å². The minimum absolute atomic E-state index is 0.176. The Labute approximate surface area is 164 Å². The fourth-order valence-electron chi connectivity index (χ4n) is 2.90. The van der Waals surface area contributed by atoms with E-state index in [-0.39, 0.29) is 9.92 Å². The number of benzene rings is 2. The molecule has 1 saturated heterocycles. The zero-order valence-electron chi connectivity index (χ0n) is 14.4. The van der Waals surface area contributed by atoms with Crippen molar-refractivity contribution in [3.05, 3.63) is 58.1 Å². The Morgan fingerprint density at radius 1 is 0.962 bits per heavy atom. The van der Waals surface area contributed by atoms with Crippen LogP contribution in [0.5, 0.6) is 5.75 Å². The number of hydrogen-bond acceptors (Lipinski definition) is 4. The van der Waals surface area contributed by atoms with Gasteiger partial charge in [0.05, 0.1) is 22.1 Å². The molecule has 3 rings (SSSR count). The van der Waals surface area contributed by atoms with Crippen LogP contribution in [-0.4, -0.2) is 50.9 Å². The summed E-state index contributed by atoms with van der Waals surface area (Å²) in [5, 5.41) is 0.584. The van der Waals surface area contributed by atoms with Gasteiger partial charge in [-0.1, -0.05) is 35.3 Å². The summed E-state index contributed by atoms with van der Waals surface area (Å²) in [6.07, 6.45) is 0. The van der Waals surface area contributed by atoms with Gasteiger partial charge in [0.15, 0.2) is 0 Å². The number of nitrogens with zero attached hydrogens (tertiary/aromatic N) is 2. The minimum atomic E-state index is -3.56. The Balaban J connectivity index is 1.62. The fourth-order valence-corrected chi connectivity index (χ4v) is 4.72. The number of hydrogen-bond donors (Lipinski definition) is 0. The first kappa shape index (κ1) is 19.5. The van der Waals surface area contributed by atoms with Crippen LogP contribution in [0.1, 0.15) is 5.56 Å². The molecular weight excluding hydrogens is 395 g/mol. The summed E-state index contributed by atoms with van der Waals surface area (Å²) < 4.78 is 32.2. The zero-order chi connectivity index (χ0) is 18.7. The van der Waals surface area contributed by atoms with Gasteiger partial charge in [0.1, 0.15) is 5.75 Å². The summed E-state index contributed by atoms with van der Waals surface area (Å²) in [6.45, 7) is 3.02. The maximum Gasteiger partial charge on any atom is 0.243 e. The molecule has 1 fully saturated rings. The molecule has 0 atom stereocenters. The summed E-state index contributed by atoms with van der Waals surface area (Å²) >= 11 is 11.8. The topological polar surface area (TPSA) is 49.9 Å². The number of methoxy groups -OCH3 is 1. The van der Waals surface area contributed by atoms with E-state index in [9.17, 15) is 8.42 Å². The van der Waals surface area contributed by atoms with Crippen LogP contribution in [0.25, 0.3) is 0 Å². The smallest absolute Gasteiger partial charge is 0.243 e. The molecular formula is C18H20Cl2N2O3S. The summed E-state index contributed by atoms with van der Waals surface area (Å²) in [5.74, 6) is 0.825. The monoisotopic (exact) mass is 414 g/mol. The van der Waals surface area contributed by atoms with Gasteiger partial charge in [0, 0.05) is 32.7 Å². The Kier molecular flexibility index (Phi) is 6.10. The van der Waals surface area contributed by atoms with Gasteiger partial charge in [-0.2, -0.15) is 4.31 Å². The minimum Gasteiger partial charge on any atom is -0.497 e. The summed E-state index contributed by atoms with van der Waals surface area (Å²) in [5.41, 5.74) is 1.17.